The fraction of sp³-hybridized carbons (Fsp3) is 0.500. The first-order valence-corrected chi connectivity index (χ1v) is 10.1. The van der Waals surface area contributed by atoms with Gasteiger partial charge in [-0.1, -0.05) is 31.2 Å². The summed E-state index contributed by atoms with van der Waals surface area (Å²) in [6.07, 6.45) is 1.70. The second-order valence-corrected chi connectivity index (χ2v) is 8.75. The number of aromatic nitrogens is 1. The van der Waals surface area contributed by atoms with Crippen LogP contribution in [0.25, 0.3) is 10.9 Å². The zero-order valence-electron chi connectivity index (χ0n) is 14.4. The van der Waals surface area contributed by atoms with Crippen molar-refractivity contribution in [2.45, 2.75) is 38.6 Å². The van der Waals surface area contributed by atoms with Crippen molar-refractivity contribution >= 4 is 20.9 Å². The van der Waals surface area contributed by atoms with E-state index in [9.17, 15) is 8.42 Å². The Morgan fingerprint density at radius 3 is 2.71 bits per heavy atom. The van der Waals surface area contributed by atoms with Crippen molar-refractivity contribution in [3.63, 3.8) is 0 Å². The van der Waals surface area contributed by atoms with Crippen LogP contribution >= 0.6 is 0 Å². The number of likely N-dealkylation sites (tertiary alicyclic amines) is 1. The molecule has 2 heterocycles. The van der Waals surface area contributed by atoms with E-state index < -0.39 is 10.0 Å². The first-order chi connectivity index (χ1) is 11.4. The summed E-state index contributed by atoms with van der Waals surface area (Å²) >= 11 is 0. The van der Waals surface area contributed by atoms with Gasteiger partial charge in [-0.05, 0) is 31.4 Å². The highest BCUT2D eigenvalue weighted by molar-refractivity contribution is 7.88. The maximum Gasteiger partial charge on any atom is 0.216 e. The second-order valence-electron chi connectivity index (χ2n) is 7.00. The molecule has 3 rings (SSSR count). The summed E-state index contributed by atoms with van der Waals surface area (Å²) in [7, 11) is -3.41. The van der Waals surface area contributed by atoms with E-state index in [4.69, 9.17) is 0 Å². The fourth-order valence-corrected chi connectivity index (χ4v) is 4.83. The first-order valence-electron chi connectivity index (χ1n) is 8.42. The van der Waals surface area contributed by atoms with E-state index in [1.165, 1.54) is 0 Å². The third-order valence-corrected chi connectivity index (χ3v) is 6.12. The van der Waals surface area contributed by atoms with Gasteiger partial charge >= 0.3 is 0 Å². The third kappa shape index (κ3) is 3.77. The Morgan fingerprint density at radius 2 is 2.00 bits per heavy atom. The Morgan fingerprint density at radius 1 is 1.25 bits per heavy atom. The Balaban J connectivity index is 1.77. The molecule has 1 aliphatic rings. The summed E-state index contributed by atoms with van der Waals surface area (Å²) in [6, 6.07) is 9.89. The highest BCUT2D eigenvalue weighted by atomic mass is 32.2. The first kappa shape index (κ1) is 17.3. The summed E-state index contributed by atoms with van der Waals surface area (Å²) in [4.78, 5) is 6.66. The summed E-state index contributed by atoms with van der Waals surface area (Å²) in [6.45, 7) is 8.10. The number of pyridine rings is 1. The zero-order valence-corrected chi connectivity index (χ0v) is 15.3. The second kappa shape index (κ2) is 6.78. The molecule has 1 aromatic heterocycles. The molecule has 6 heteroatoms. The molecule has 5 nitrogen and oxygen atoms in total. The molecule has 0 unspecified atom stereocenters. The van der Waals surface area contributed by atoms with Crippen LogP contribution < -0.4 is 4.72 Å². The normalized spacial score (nSPS) is 22.5. The summed E-state index contributed by atoms with van der Waals surface area (Å²) in [5.41, 5.74) is 1.50. The van der Waals surface area contributed by atoms with Gasteiger partial charge in [-0.2, -0.15) is 0 Å². The summed E-state index contributed by atoms with van der Waals surface area (Å²) < 4.78 is 28.2. The van der Waals surface area contributed by atoms with E-state index in [1.54, 1.807) is 6.20 Å². The van der Waals surface area contributed by atoms with Crippen LogP contribution in [0.4, 0.5) is 0 Å². The molecule has 0 amide bonds. The van der Waals surface area contributed by atoms with Crippen molar-refractivity contribution in [3.05, 3.63) is 42.1 Å². The number of hydrogen-bond acceptors (Lipinski definition) is 4. The van der Waals surface area contributed by atoms with E-state index in [0.717, 1.165) is 29.6 Å². The van der Waals surface area contributed by atoms with Crippen LogP contribution in [0.1, 0.15) is 26.3 Å². The lowest BCUT2D eigenvalue weighted by molar-refractivity contribution is 0.265. The molecule has 1 aliphatic heterocycles. The van der Waals surface area contributed by atoms with Crippen molar-refractivity contribution in [3.8, 4) is 0 Å². The van der Waals surface area contributed by atoms with E-state index in [-0.39, 0.29) is 11.8 Å². The molecule has 1 saturated heterocycles. The molecule has 24 heavy (non-hydrogen) atoms. The molecule has 130 valence electrons. The molecular weight excluding hydrogens is 322 g/mol. The maximum atomic E-state index is 12.7. The van der Waals surface area contributed by atoms with Gasteiger partial charge in [0.2, 0.25) is 10.0 Å². The van der Waals surface area contributed by atoms with Crippen molar-refractivity contribution in [2.75, 3.05) is 13.1 Å². The maximum absolute atomic E-state index is 12.7. The van der Waals surface area contributed by atoms with Gasteiger partial charge in [0.15, 0.2) is 0 Å². The molecular formula is C18H25N3O2S. The predicted molar refractivity (Wildman–Crippen MR) is 97.2 cm³/mol. The quantitative estimate of drug-likeness (QED) is 0.902. The predicted octanol–water partition coefficient (Wildman–Crippen LogP) is 2.38. The monoisotopic (exact) mass is 347 g/mol. The molecule has 0 aliphatic carbocycles. The highest BCUT2D eigenvalue weighted by Crippen LogP contribution is 2.21. The van der Waals surface area contributed by atoms with E-state index in [2.05, 4.69) is 35.4 Å². The standard InChI is InChI=1S/C18H25N3O2S/c1-13(2)21-10-14(3)17(11-21)20-24(22,23)12-16-7-4-6-15-8-5-9-19-18(15)16/h4-9,13-14,17,20H,10-12H2,1-3H3/t14-,17-/m0/s1. The van der Waals surface area contributed by atoms with Gasteiger partial charge in [-0.3, -0.25) is 9.88 Å². The SMILES string of the molecule is CC(C)N1C[C@H](NS(=O)(=O)Cc2cccc3cccnc23)[C@@H](C)C1. The van der Waals surface area contributed by atoms with Gasteiger partial charge in [-0.25, -0.2) is 13.1 Å². The zero-order chi connectivity index (χ0) is 17.3. The number of nitrogens with zero attached hydrogens (tertiary/aromatic N) is 2. The average Bonchev–Trinajstić information content (AvgIpc) is 2.88. The minimum atomic E-state index is -3.41. The van der Waals surface area contributed by atoms with E-state index in [1.807, 2.05) is 30.3 Å². The molecule has 1 N–H and O–H groups in total. The summed E-state index contributed by atoms with van der Waals surface area (Å²) in [5, 5.41) is 0.963. The molecule has 0 bridgehead atoms. The van der Waals surface area contributed by atoms with Crippen LogP contribution in [0.15, 0.2) is 36.5 Å². The topological polar surface area (TPSA) is 62.3 Å². The van der Waals surface area contributed by atoms with Crippen LogP contribution in [-0.2, 0) is 15.8 Å². The minimum Gasteiger partial charge on any atom is -0.299 e. The van der Waals surface area contributed by atoms with Crippen LogP contribution in [0.5, 0.6) is 0 Å². The van der Waals surface area contributed by atoms with Crippen molar-refractivity contribution < 1.29 is 8.42 Å². The number of hydrogen-bond donors (Lipinski definition) is 1. The Labute approximate surface area is 144 Å². The number of rotatable bonds is 5. The number of fused-ring (bicyclic) bond motifs is 1. The van der Waals surface area contributed by atoms with Gasteiger partial charge < -0.3 is 0 Å². The van der Waals surface area contributed by atoms with Gasteiger partial charge in [0.05, 0.1) is 11.3 Å². The lowest BCUT2D eigenvalue weighted by atomic mass is 10.1. The van der Waals surface area contributed by atoms with Gasteiger partial charge in [0, 0.05) is 36.8 Å². The van der Waals surface area contributed by atoms with Gasteiger partial charge in [0.1, 0.15) is 0 Å². The van der Waals surface area contributed by atoms with Crippen molar-refractivity contribution in [2.24, 2.45) is 5.92 Å². The average molecular weight is 347 g/mol. The van der Waals surface area contributed by atoms with Crippen LogP contribution in [-0.4, -0.2) is 43.5 Å². The Hall–Kier alpha value is -1.50. The molecule has 2 aromatic rings. The lowest BCUT2D eigenvalue weighted by Crippen LogP contribution is -2.41. The molecule has 0 radical (unpaired) electrons. The fourth-order valence-electron chi connectivity index (χ4n) is 3.34. The largest absolute Gasteiger partial charge is 0.299 e. The van der Waals surface area contributed by atoms with Crippen molar-refractivity contribution in [1.82, 2.24) is 14.6 Å². The third-order valence-electron chi connectivity index (χ3n) is 4.76. The Bertz CT molecular complexity index is 815. The van der Waals surface area contributed by atoms with E-state index >= 15 is 0 Å². The van der Waals surface area contributed by atoms with Crippen LogP contribution in [0, 0.1) is 5.92 Å². The highest BCUT2D eigenvalue weighted by Gasteiger charge is 2.33. The molecule has 0 saturated carbocycles. The lowest BCUT2D eigenvalue weighted by Gasteiger charge is -2.20. The molecule has 1 aromatic carbocycles. The van der Waals surface area contributed by atoms with Crippen molar-refractivity contribution in [1.29, 1.82) is 0 Å². The van der Waals surface area contributed by atoms with Crippen LogP contribution in [0.2, 0.25) is 0 Å². The summed E-state index contributed by atoms with van der Waals surface area (Å²) in [5.74, 6) is 0.277. The minimum absolute atomic E-state index is 0.0275. The van der Waals surface area contributed by atoms with E-state index in [0.29, 0.717) is 12.0 Å². The van der Waals surface area contributed by atoms with Gasteiger partial charge in [-0.15, -0.1) is 0 Å². The van der Waals surface area contributed by atoms with Gasteiger partial charge in [0.25, 0.3) is 0 Å². The molecule has 1 fully saturated rings. The number of nitrogens with one attached hydrogen (secondary N) is 1. The number of sulfonamides is 1. The molecule has 0 spiro atoms. The molecule has 2 atom stereocenters. The Kier molecular flexibility index (Phi) is 4.90. The number of para-hydroxylation sites is 1. The van der Waals surface area contributed by atoms with Crippen LogP contribution in [0.3, 0.4) is 0 Å². The number of benzene rings is 1. The smallest absolute Gasteiger partial charge is 0.216 e.